The second-order valence-corrected chi connectivity index (χ2v) is 7.57. The monoisotopic (exact) mass is 392 g/mol. The smallest absolute Gasteiger partial charge is 0.251 e. The Morgan fingerprint density at radius 3 is 2.52 bits per heavy atom. The van der Waals surface area contributed by atoms with E-state index >= 15 is 0 Å². The number of fused-ring (bicyclic) bond motifs is 1. The molecule has 0 radical (unpaired) electrons. The Morgan fingerprint density at radius 1 is 1.10 bits per heavy atom. The predicted molar refractivity (Wildman–Crippen MR) is 113 cm³/mol. The summed E-state index contributed by atoms with van der Waals surface area (Å²) in [5.74, 6) is -0.304. The molecule has 2 aromatic carbocycles. The van der Waals surface area contributed by atoms with Crippen molar-refractivity contribution in [3.63, 3.8) is 0 Å². The molecule has 0 saturated carbocycles. The van der Waals surface area contributed by atoms with Crippen molar-refractivity contribution >= 4 is 28.4 Å². The highest BCUT2D eigenvalue weighted by Crippen LogP contribution is 2.30. The molecule has 0 aliphatic carbocycles. The number of hydrogen-bond donors (Lipinski definition) is 3. The first kappa shape index (κ1) is 20.1. The number of carbonyl (C=O) groups is 2. The number of nitrogens with two attached hydrogens (primary N) is 2. The van der Waals surface area contributed by atoms with Crippen LogP contribution in [0, 0.1) is 6.92 Å². The highest BCUT2D eigenvalue weighted by molar-refractivity contribution is 5.99. The average molecular weight is 392 g/mol. The number of pyridine rings is 1. The minimum absolute atomic E-state index is 0.209. The lowest BCUT2D eigenvalue weighted by atomic mass is 10.0. The normalized spacial score (nSPS) is 11.3. The maximum Gasteiger partial charge on any atom is 0.251 e. The molecule has 7 heteroatoms. The van der Waals surface area contributed by atoms with Crippen LogP contribution in [0.5, 0.6) is 5.75 Å². The maximum absolute atomic E-state index is 12.6. The minimum atomic E-state index is -0.686. The first-order valence-corrected chi connectivity index (χ1v) is 9.17. The van der Waals surface area contributed by atoms with Crippen LogP contribution in [0.4, 0.5) is 5.69 Å². The third kappa shape index (κ3) is 4.63. The molecule has 1 aromatic heterocycles. The van der Waals surface area contributed by atoms with Gasteiger partial charge in [-0.2, -0.15) is 0 Å². The Hall–Kier alpha value is -3.61. The van der Waals surface area contributed by atoms with Crippen molar-refractivity contribution in [2.24, 2.45) is 5.73 Å². The van der Waals surface area contributed by atoms with Gasteiger partial charge in [0.2, 0.25) is 5.91 Å². The molecular formula is C22H24N4O3. The Kier molecular flexibility index (Phi) is 5.41. The van der Waals surface area contributed by atoms with Gasteiger partial charge in [-0.25, -0.2) is 0 Å². The van der Waals surface area contributed by atoms with Crippen molar-refractivity contribution in [2.45, 2.75) is 26.3 Å². The Bertz CT molecular complexity index is 1090. The number of nitrogens with one attached hydrogen (secondary N) is 1. The van der Waals surface area contributed by atoms with Crippen molar-refractivity contribution in [1.29, 1.82) is 0 Å². The second kappa shape index (κ2) is 7.79. The number of amides is 2. The van der Waals surface area contributed by atoms with Crippen LogP contribution in [0.15, 0.2) is 48.5 Å². The van der Waals surface area contributed by atoms with Gasteiger partial charge in [0.1, 0.15) is 12.4 Å². The Morgan fingerprint density at radius 2 is 1.79 bits per heavy atom. The fourth-order valence-corrected chi connectivity index (χ4v) is 3.03. The molecule has 0 atom stereocenters. The van der Waals surface area contributed by atoms with Crippen LogP contribution in [0.2, 0.25) is 0 Å². The summed E-state index contributed by atoms with van der Waals surface area (Å²) in [6.07, 6.45) is 0. The van der Waals surface area contributed by atoms with Gasteiger partial charge in [-0.3, -0.25) is 14.6 Å². The van der Waals surface area contributed by atoms with Crippen molar-refractivity contribution in [3.05, 3.63) is 65.4 Å². The van der Waals surface area contributed by atoms with Gasteiger partial charge in [-0.1, -0.05) is 12.1 Å². The van der Waals surface area contributed by atoms with E-state index in [0.29, 0.717) is 17.0 Å². The number of primary amides is 1. The average Bonchev–Trinajstić information content (AvgIpc) is 2.65. The molecule has 7 nitrogen and oxygen atoms in total. The fraction of sp³-hybridized carbons (Fsp3) is 0.227. The molecule has 0 aliphatic heterocycles. The number of anilines is 1. The van der Waals surface area contributed by atoms with E-state index in [1.165, 1.54) is 6.07 Å². The highest BCUT2D eigenvalue weighted by Gasteiger charge is 2.23. The number of benzene rings is 2. The summed E-state index contributed by atoms with van der Waals surface area (Å²) in [5.41, 5.74) is 13.6. The molecule has 3 rings (SSSR count). The van der Waals surface area contributed by atoms with Gasteiger partial charge >= 0.3 is 0 Å². The highest BCUT2D eigenvalue weighted by atomic mass is 16.5. The molecule has 0 saturated heterocycles. The van der Waals surface area contributed by atoms with Crippen molar-refractivity contribution in [3.8, 4) is 5.75 Å². The number of rotatable bonds is 6. The molecule has 0 fully saturated rings. The molecular weight excluding hydrogens is 368 g/mol. The number of aryl methyl sites for hydroxylation is 1. The third-order valence-electron chi connectivity index (χ3n) is 4.40. The first-order valence-electron chi connectivity index (χ1n) is 9.17. The maximum atomic E-state index is 12.6. The topological polar surface area (TPSA) is 120 Å². The van der Waals surface area contributed by atoms with Gasteiger partial charge in [0, 0.05) is 22.5 Å². The Balaban J connectivity index is 1.75. The summed E-state index contributed by atoms with van der Waals surface area (Å²) < 4.78 is 5.99. The number of aromatic nitrogens is 1. The summed E-state index contributed by atoms with van der Waals surface area (Å²) in [6.45, 7) is 5.79. The molecule has 0 bridgehead atoms. The summed E-state index contributed by atoms with van der Waals surface area (Å²) >= 11 is 0. The van der Waals surface area contributed by atoms with Crippen molar-refractivity contribution < 1.29 is 14.3 Å². The fourth-order valence-electron chi connectivity index (χ4n) is 3.03. The molecule has 3 aromatic rings. The van der Waals surface area contributed by atoms with Gasteiger partial charge < -0.3 is 21.5 Å². The van der Waals surface area contributed by atoms with E-state index < -0.39 is 11.4 Å². The summed E-state index contributed by atoms with van der Waals surface area (Å²) in [5, 5.41) is 3.66. The van der Waals surface area contributed by atoms with Crippen LogP contribution in [0.1, 0.15) is 40.3 Å². The van der Waals surface area contributed by atoms with Gasteiger partial charge in [0.25, 0.3) is 5.91 Å². The number of carbonyl (C=O) groups excluding carboxylic acids is 2. The molecule has 0 aliphatic rings. The van der Waals surface area contributed by atoms with E-state index in [2.05, 4.69) is 10.3 Å². The molecule has 0 spiro atoms. The zero-order valence-corrected chi connectivity index (χ0v) is 16.7. The second-order valence-electron chi connectivity index (χ2n) is 7.57. The van der Waals surface area contributed by atoms with Crippen LogP contribution in [0.3, 0.4) is 0 Å². The van der Waals surface area contributed by atoms with Crippen LogP contribution in [-0.2, 0) is 0 Å². The summed E-state index contributed by atoms with van der Waals surface area (Å²) in [6, 6.07) is 13.6. The van der Waals surface area contributed by atoms with E-state index in [4.69, 9.17) is 16.2 Å². The molecule has 0 unspecified atom stereocenters. The molecule has 2 amide bonds. The standard InChI is InChI=1S/C22H24N4O3/c1-13-10-16(23)19-17(25-13)8-5-9-18(19)29-12-22(2,3)26-21(28)15-7-4-6-14(11-15)20(24)27/h4-11H,12H2,1-3H3,(H2,23,25)(H2,24,27)(H,26,28). The van der Waals surface area contributed by atoms with E-state index in [1.54, 1.807) is 24.3 Å². The van der Waals surface area contributed by atoms with Gasteiger partial charge in [0.15, 0.2) is 0 Å². The summed E-state index contributed by atoms with van der Waals surface area (Å²) in [4.78, 5) is 28.4. The first-order chi connectivity index (χ1) is 13.7. The molecule has 5 N–H and O–H groups in total. The quantitative estimate of drug-likeness (QED) is 0.596. The zero-order chi connectivity index (χ0) is 21.2. The van der Waals surface area contributed by atoms with Gasteiger partial charge in [-0.05, 0) is 57.2 Å². The minimum Gasteiger partial charge on any atom is -0.490 e. The van der Waals surface area contributed by atoms with Crippen LogP contribution >= 0.6 is 0 Å². The van der Waals surface area contributed by atoms with E-state index in [-0.39, 0.29) is 18.1 Å². The lowest BCUT2D eigenvalue weighted by molar-refractivity contribution is 0.0881. The third-order valence-corrected chi connectivity index (χ3v) is 4.40. The SMILES string of the molecule is Cc1cc(N)c2c(OCC(C)(C)NC(=O)c3cccc(C(N)=O)c3)cccc2n1. The summed E-state index contributed by atoms with van der Waals surface area (Å²) in [7, 11) is 0. The van der Waals surface area contributed by atoms with Gasteiger partial charge in [0.05, 0.1) is 16.4 Å². The van der Waals surface area contributed by atoms with Gasteiger partial charge in [-0.15, -0.1) is 0 Å². The van der Waals surface area contributed by atoms with E-state index in [9.17, 15) is 9.59 Å². The Labute approximate surface area is 169 Å². The molecule has 29 heavy (non-hydrogen) atoms. The largest absolute Gasteiger partial charge is 0.490 e. The molecule has 150 valence electrons. The van der Waals surface area contributed by atoms with Crippen molar-refractivity contribution in [2.75, 3.05) is 12.3 Å². The number of ether oxygens (including phenoxy) is 1. The number of nitrogens with zero attached hydrogens (tertiary/aromatic N) is 1. The van der Waals surface area contributed by atoms with Crippen LogP contribution < -0.4 is 21.5 Å². The number of nitrogen functional groups attached to an aromatic ring is 1. The number of hydrogen-bond acceptors (Lipinski definition) is 5. The van der Waals surface area contributed by atoms with E-state index in [1.807, 2.05) is 39.0 Å². The lowest BCUT2D eigenvalue weighted by Crippen LogP contribution is -2.47. The lowest BCUT2D eigenvalue weighted by Gasteiger charge is -2.27. The predicted octanol–water partition coefficient (Wildman–Crippen LogP) is 2.81. The van der Waals surface area contributed by atoms with Crippen LogP contribution in [0.25, 0.3) is 10.9 Å². The van der Waals surface area contributed by atoms with Crippen molar-refractivity contribution in [1.82, 2.24) is 10.3 Å². The zero-order valence-electron chi connectivity index (χ0n) is 16.7. The van der Waals surface area contributed by atoms with E-state index in [0.717, 1.165) is 16.6 Å². The molecule has 1 heterocycles. The van der Waals surface area contributed by atoms with Crippen LogP contribution in [-0.4, -0.2) is 28.9 Å².